The molecule has 1 aromatic rings. The molecule has 0 radical (unpaired) electrons. The van der Waals surface area contributed by atoms with Crippen LogP contribution in [0.25, 0.3) is 0 Å². The third-order valence-corrected chi connectivity index (χ3v) is 3.04. The van der Waals surface area contributed by atoms with Crippen molar-refractivity contribution in [2.24, 2.45) is 11.7 Å². The van der Waals surface area contributed by atoms with Crippen LogP contribution in [-0.2, 0) is 9.59 Å². The largest absolute Gasteiger partial charge is 0.506 e. The fraction of sp³-hybridized carbons (Fsp3) is 0.250. The number of anilines is 1. The lowest BCUT2D eigenvalue weighted by atomic mass is 10.1. The Morgan fingerprint density at radius 1 is 1.37 bits per heavy atom. The first-order chi connectivity index (χ1) is 8.90. The highest BCUT2D eigenvalue weighted by Crippen LogP contribution is 2.33. The minimum atomic E-state index is -1.17. The number of rotatable bonds is 3. The molecule has 0 aromatic heterocycles. The molecule has 0 spiro atoms. The average molecular weight is 264 g/mol. The van der Waals surface area contributed by atoms with Crippen molar-refractivity contribution in [2.75, 3.05) is 11.4 Å². The van der Waals surface area contributed by atoms with Crippen LogP contribution < -0.4 is 10.6 Å². The Kier molecular flexibility index (Phi) is 3.12. The third-order valence-electron chi connectivity index (χ3n) is 3.04. The zero-order chi connectivity index (χ0) is 14.2. The number of primary amides is 1. The molecule has 1 atom stereocenters. The van der Waals surface area contributed by atoms with E-state index in [2.05, 4.69) is 0 Å². The standard InChI is InChI=1S/C12H12N2O5/c13-11(17)7-4-10(16)14(5-7)8-3-6(12(18)19)1-2-9(8)15/h1-3,7,15H,4-5H2,(H2,13,17)(H,18,19). The molecule has 7 nitrogen and oxygen atoms in total. The van der Waals surface area contributed by atoms with Crippen LogP contribution in [0.1, 0.15) is 16.8 Å². The van der Waals surface area contributed by atoms with Gasteiger partial charge in [-0.05, 0) is 18.2 Å². The number of nitrogens with two attached hydrogens (primary N) is 1. The quantitative estimate of drug-likeness (QED) is 0.705. The van der Waals surface area contributed by atoms with E-state index in [0.717, 1.165) is 0 Å². The summed E-state index contributed by atoms with van der Waals surface area (Å²) in [4.78, 5) is 34.9. The number of nitrogens with zero attached hydrogens (tertiary/aromatic N) is 1. The minimum Gasteiger partial charge on any atom is -0.506 e. The van der Waals surface area contributed by atoms with Crippen molar-refractivity contribution in [3.05, 3.63) is 23.8 Å². The van der Waals surface area contributed by atoms with Gasteiger partial charge < -0.3 is 20.8 Å². The normalized spacial score (nSPS) is 18.6. The number of carboxylic acid groups (broad SMARTS) is 1. The predicted molar refractivity (Wildman–Crippen MR) is 64.7 cm³/mol. The number of phenols is 1. The first-order valence-electron chi connectivity index (χ1n) is 5.56. The lowest BCUT2D eigenvalue weighted by Gasteiger charge is -2.18. The number of aromatic hydroxyl groups is 1. The van der Waals surface area contributed by atoms with E-state index in [1.165, 1.54) is 23.1 Å². The van der Waals surface area contributed by atoms with Crippen molar-refractivity contribution in [3.8, 4) is 5.75 Å². The Balaban J connectivity index is 2.36. The van der Waals surface area contributed by atoms with Crippen LogP contribution in [0.15, 0.2) is 18.2 Å². The Labute approximate surface area is 108 Å². The molecule has 0 aliphatic carbocycles. The van der Waals surface area contributed by atoms with Gasteiger partial charge in [-0.1, -0.05) is 0 Å². The number of aromatic carboxylic acids is 1. The van der Waals surface area contributed by atoms with Crippen molar-refractivity contribution in [2.45, 2.75) is 6.42 Å². The van der Waals surface area contributed by atoms with Gasteiger partial charge in [-0.25, -0.2) is 4.79 Å². The molecule has 1 aliphatic heterocycles. The molecule has 1 fully saturated rings. The maximum Gasteiger partial charge on any atom is 0.335 e. The van der Waals surface area contributed by atoms with Crippen LogP contribution >= 0.6 is 0 Å². The van der Waals surface area contributed by atoms with Crippen molar-refractivity contribution in [1.29, 1.82) is 0 Å². The van der Waals surface area contributed by atoms with Crippen molar-refractivity contribution < 1.29 is 24.6 Å². The van der Waals surface area contributed by atoms with E-state index in [1.807, 2.05) is 0 Å². The van der Waals surface area contributed by atoms with E-state index >= 15 is 0 Å². The van der Waals surface area contributed by atoms with Gasteiger partial charge in [0.05, 0.1) is 17.2 Å². The van der Waals surface area contributed by atoms with Crippen LogP contribution in [0.5, 0.6) is 5.75 Å². The number of hydrogen-bond donors (Lipinski definition) is 3. The lowest BCUT2D eigenvalue weighted by molar-refractivity contribution is -0.123. The maximum absolute atomic E-state index is 11.8. The van der Waals surface area contributed by atoms with Gasteiger partial charge in [-0.15, -0.1) is 0 Å². The summed E-state index contributed by atoms with van der Waals surface area (Å²) in [6.07, 6.45) is -0.0356. The van der Waals surface area contributed by atoms with E-state index in [-0.39, 0.29) is 35.9 Å². The monoisotopic (exact) mass is 264 g/mol. The molecule has 2 amide bonds. The molecule has 100 valence electrons. The number of phenolic OH excluding ortho intramolecular Hbond substituents is 1. The summed E-state index contributed by atoms with van der Waals surface area (Å²) in [5.41, 5.74) is 5.17. The second-order valence-corrected chi connectivity index (χ2v) is 4.32. The van der Waals surface area contributed by atoms with Crippen molar-refractivity contribution >= 4 is 23.5 Å². The molecule has 7 heteroatoms. The maximum atomic E-state index is 11.8. The highest BCUT2D eigenvalue weighted by atomic mass is 16.4. The third kappa shape index (κ3) is 2.35. The molecule has 1 heterocycles. The Morgan fingerprint density at radius 2 is 2.05 bits per heavy atom. The highest BCUT2D eigenvalue weighted by molar-refractivity contribution is 6.02. The van der Waals surface area contributed by atoms with Crippen LogP contribution in [-0.4, -0.2) is 34.5 Å². The molecule has 1 aromatic carbocycles. The van der Waals surface area contributed by atoms with E-state index < -0.39 is 17.8 Å². The summed E-state index contributed by atoms with van der Waals surface area (Å²) >= 11 is 0. The first-order valence-corrected chi connectivity index (χ1v) is 5.56. The number of hydrogen-bond acceptors (Lipinski definition) is 4. The van der Waals surface area contributed by atoms with Gasteiger partial charge in [0, 0.05) is 13.0 Å². The second-order valence-electron chi connectivity index (χ2n) is 4.32. The van der Waals surface area contributed by atoms with E-state index in [4.69, 9.17) is 10.8 Å². The molecule has 0 saturated carbocycles. The molecule has 0 bridgehead atoms. The smallest absolute Gasteiger partial charge is 0.335 e. The predicted octanol–water partition coefficient (Wildman–Crippen LogP) is -0.0714. The lowest BCUT2D eigenvalue weighted by Crippen LogP contribution is -2.28. The summed E-state index contributed by atoms with van der Waals surface area (Å²) in [6.45, 7) is 0.0464. The summed E-state index contributed by atoms with van der Waals surface area (Å²) in [6, 6.07) is 3.62. The van der Waals surface area contributed by atoms with E-state index in [1.54, 1.807) is 0 Å². The SMILES string of the molecule is NC(=O)C1CC(=O)N(c2cc(C(=O)O)ccc2O)C1. The number of benzene rings is 1. The molecular weight excluding hydrogens is 252 g/mol. The van der Waals surface area contributed by atoms with Gasteiger partial charge in [0.1, 0.15) is 5.75 Å². The van der Waals surface area contributed by atoms with E-state index in [9.17, 15) is 19.5 Å². The summed E-state index contributed by atoms with van der Waals surface area (Å²) < 4.78 is 0. The van der Waals surface area contributed by atoms with Crippen LogP contribution in [0.2, 0.25) is 0 Å². The molecular formula is C12H12N2O5. The van der Waals surface area contributed by atoms with Gasteiger partial charge in [-0.3, -0.25) is 9.59 Å². The summed E-state index contributed by atoms with van der Waals surface area (Å²) in [7, 11) is 0. The molecule has 2 rings (SSSR count). The number of carbonyl (C=O) groups excluding carboxylic acids is 2. The van der Waals surface area contributed by atoms with Gasteiger partial charge in [0.15, 0.2) is 0 Å². The summed E-state index contributed by atoms with van der Waals surface area (Å²) in [5.74, 6) is -2.98. The number of amides is 2. The topological polar surface area (TPSA) is 121 Å². The first kappa shape index (κ1) is 12.9. The molecule has 1 unspecified atom stereocenters. The number of carbonyl (C=O) groups is 3. The minimum absolute atomic E-state index is 0.0356. The van der Waals surface area contributed by atoms with Gasteiger partial charge >= 0.3 is 5.97 Å². The Bertz CT molecular complexity index is 569. The average Bonchev–Trinajstić information content (AvgIpc) is 2.72. The molecule has 1 saturated heterocycles. The fourth-order valence-electron chi connectivity index (χ4n) is 2.00. The Hall–Kier alpha value is -2.57. The second kappa shape index (κ2) is 4.60. The summed E-state index contributed by atoms with van der Waals surface area (Å²) in [5, 5.41) is 18.6. The van der Waals surface area contributed by atoms with Gasteiger partial charge in [0.25, 0.3) is 0 Å². The zero-order valence-electron chi connectivity index (χ0n) is 9.87. The zero-order valence-corrected chi connectivity index (χ0v) is 9.87. The van der Waals surface area contributed by atoms with Crippen LogP contribution in [0, 0.1) is 5.92 Å². The van der Waals surface area contributed by atoms with Gasteiger partial charge in [-0.2, -0.15) is 0 Å². The van der Waals surface area contributed by atoms with Crippen LogP contribution in [0.3, 0.4) is 0 Å². The van der Waals surface area contributed by atoms with Crippen molar-refractivity contribution in [3.63, 3.8) is 0 Å². The molecule has 4 N–H and O–H groups in total. The fourth-order valence-corrected chi connectivity index (χ4v) is 2.00. The number of carboxylic acids is 1. The van der Waals surface area contributed by atoms with E-state index in [0.29, 0.717) is 0 Å². The van der Waals surface area contributed by atoms with Crippen LogP contribution in [0.4, 0.5) is 5.69 Å². The van der Waals surface area contributed by atoms with Crippen molar-refractivity contribution in [1.82, 2.24) is 0 Å². The van der Waals surface area contributed by atoms with Gasteiger partial charge in [0.2, 0.25) is 11.8 Å². The Morgan fingerprint density at radius 3 is 2.58 bits per heavy atom. The highest BCUT2D eigenvalue weighted by Gasteiger charge is 2.35. The molecule has 19 heavy (non-hydrogen) atoms. The molecule has 1 aliphatic rings.